The molecule has 1 aromatic carbocycles. The summed E-state index contributed by atoms with van der Waals surface area (Å²) in [6.07, 6.45) is 9.03. The molecular weight excluding hydrogens is 345 g/mol. The Hall–Kier alpha value is -2.21. The molecule has 4 rings (SSSR count). The van der Waals surface area contributed by atoms with Gasteiger partial charge in [0, 0.05) is 45.2 Å². The summed E-state index contributed by atoms with van der Waals surface area (Å²) in [5, 5.41) is 0. The smallest absolute Gasteiger partial charge is 0.233 e. The SMILES string of the molecule is O=C(N1CCCC(Cn2ccnc2)C1)C1(c2ccc(F)cc2)CCOCC1. The number of carbonyl (C=O) groups is 1. The predicted molar refractivity (Wildman–Crippen MR) is 99.7 cm³/mol. The Labute approximate surface area is 159 Å². The lowest BCUT2D eigenvalue weighted by Crippen LogP contribution is -2.52. The highest BCUT2D eigenvalue weighted by atomic mass is 19.1. The van der Waals surface area contributed by atoms with Gasteiger partial charge in [0.1, 0.15) is 5.82 Å². The van der Waals surface area contributed by atoms with Crippen LogP contribution in [0.15, 0.2) is 43.0 Å². The number of benzene rings is 1. The fourth-order valence-corrected chi connectivity index (χ4v) is 4.51. The third kappa shape index (κ3) is 3.76. The van der Waals surface area contributed by atoms with Crippen molar-refractivity contribution in [1.29, 1.82) is 0 Å². The summed E-state index contributed by atoms with van der Waals surface area (Å²) in [6, 6.07) is 6.45. The van der Waals surface area contributed by atoms with Crippen LogP contribution in [0.25, 0.3) is 0 Å². The van der Waals surface area contributed by atoms with Gasteiger partial charge >= 0.3 is 0 Å². The molecule has 2 fully saturated rings. The second-order valence-corrected chi connectivity index (χ2v) is 7.72. The van der Waals surface area contributed by atoms with Crippen LogP contribution in [0.5, 0.6) is 0 Å². The van der Waals surface area contributed by atoms with Gasteiger partial charge in [-0.25, -0.2) is 9.37 Å². The molecule has 1 atom stereocenters. The van der Waals surface area contributed by atoms with E-state index in [9.17, 15) is 9.18 Å². The Morgan fingerprint density at radius 1 is 1.26 bits per heavy atom. The van der Waals surface area contributed by atoms with Crippen molar-refractivity contribution < 1.29 is 13.9 Å². The van der Waals surface area contributed by atoms with E-state index in [1.54, 1.807) is 18.3 Å². The van der Waals surface area contributed by atoms with E-state index in [-0.39, 0.29) is 11.7 Å². The first-order valence-electron chi connectivity index (χ1n) is 9.76. The van der Waals surface area contributed by atoms with Gasteiger partial charge < -0.3 is 14.2 Å². The molecule has 27 heavy (non-hydrogen) atoms. The van der Waals surface area contributed by atoms with Crippen molar-refractivity contribution in [3.8, 4) is 0 Å². The normalized spacial score (nSPS) is 22.6. The number of ether oxygens (including phenoxy) is 1. The lowest BCUT2D eigenvalue weighted by molar-refractivity contribution is -0.143. The van der Waals surface area contributed by atoms with Crippen LogP contribution in [0, 0.1) is 11.7 Å². The van der Waals surface area contributed by atoms with E-state index >= 15 is 0 Å². The summed E-state index contributed by atoms with van der Waals surface area (Å²) >= 11 is 0. The van der Waals surface area contributed by atoms with E-state index in [1.165, 1.54) is 12.1 Å². The van der Waals surface area contributed by atoms with E-state index in [0.717, 1.165) is 38.0 Å². The number of piperidine rings is 1. The van der Waals surface area contributed by atoms with Crippen molar-refractivity contribution in [3.05, 3.63) is 54.4 Å². The van der Waals surface area contributed by atoms with Gasteiger partial charge in [0.25, 0.3) is 0 Å². The Morgan fingerprint density at radius 3 is 2.74 bits per heavy atom. The van der Waals surface area contributed by atoms with Crippen molar-refractivity contribution in [1.82, 2.24) is 14.5 Å². The van der Waals surface area contributed by atoms with Crippen molar-refractivity contribution in [2.75, 3.05) is 26.3 Å². The zero-order valence-corrected chi connectivity index (χ0v) is 15.5. The van der Waals surface area contributed by atoms with Crippen molar-refractivity contribution in [2.45, 2.75) is 37.6 Å². The van der Waals surface area contributed by atoms with Gasteiger partial charge in [0.05, 0.1) is 11.7 Å². The van der Waals surface area contributed by atoms with Crippen LogP contribution >= 0.6 is 0 Å². The van der Waals surface area contributed by atoms with Crippen LogP contribution < -0.4 is 0 Å². The lowest BCUT2D eigenvalue weighted by Gasteiger charge is -2.43. The maximum atomic E-state index is 13.7. The molecule has 0 N–H and O–H groups in total. The minimum Gasteiger partial charge on any atom is -0.381 e. The zero-order chi connectivity index (χ0) is 18.7. The van der Waals surface area contributed by atoms with Gasteiger partial charge in [-0.15, -0.1) is 0 Å². The highest BCUT2D eigenvalue weighted by molar-refractivity contribution is 5.88. The topological polar surface area (TPSA) is 47.4 Å². The van der Waals surface area contributed by atoms with Crippen LogP contribution in [0.1, 0.15) is 31.2 Å². The molecular formula is C21H26FN3O2. The van der Waals surface area contributed by atoms with Gasteiger partial charge in [-0.1, -0.05) is 12.1 Å². The average Bonchev–Trinajstić information content (AvgIpc) is 3.22. The van der Waals surface area contributed by atoms with Crippen LogP contribution in [0.4, 0.5) is 4.39 Å². The fourth-order valence-electron chi connectivity index (χ4n) is 4.51. The number of halogens is 1. The molecule has 2 aliphatic rings. The third-order valence-electron chi connectivity index (χ3n) is 5.99. The average molecular weight is 371 g/mol. The first kappa shape index (κ1) is 18.2. The Morgan fingerprint density at radius 2 is 2.04 bits per heavy atom. The highest BCUT2D eigenvalue weighted by Gasteiger charge is 2.44. The number of amides is 1. The molecule has 144 valence electrons. The van der Waals surface area contributed by atoms with Crippen molar-refractivity contribution in [3.63, 3.8) is 0 Å². The van der Waals surface area contributed by atoms with E-state index in [0.29, 0.717) is 32.0 Å². The number of nitrogens with zero attached hydrogens (tertiary/aromatic N) is 3. The Balaban J connectivity index is 1.54. The van der Waals surface area contributed by atoms with E-state index in [1.807, 2.05) is 17.4 Å². The number of hydrogen-bond donors (Lipinski definition) is 0. The van der Waals surface area contributed by atoms with Gasteiger partial charge in [-0.05, 0) is 49.3 Å². The van der Waals surface area contributed by atoms with Crippen LogP contribution in [0.3, 0.4) is 0 Å². The minimum absolute atomic E-state index is 0.174. The largest absolute Gasteiger partial charge is 0.381 e. The van der Waals surface area contributed by atoms with Gasteiger partial charge in [0.2, 0.25) is 5.91 Å². The second-order valence-electron chi connectivity index (χ2n) is 7.72. The number of aromatic nitrogens is 2. The maximum Gasteiger partial charge on any atom is 0.233 e. The molecule has 2 aliphatic heterocycles. The Kier molecular flexibility index (Phi) is 5.25. The number of hydrogen-bond acceptors (Lipinski definition) is 3. The molecule has 0 spiro atoms. The summed E-state index contributed by atoms with van der Waals surface area (Å²) in [4.78, 5) is 19.8. The molecule has 2 aromatic rings. The first-order valence-corrected chi connectivity index (χ1v) is 9.76. The van der Waals surface area contributed by atoms with Crippen LogP contribution in [-0.4, -0.2) is 46.7 Å². The molecule has 0 aliphatic carbocycles. The summed E-state index contributed by atoms with van der Waals surface area (Å²) in [6.45, 7) is 3.57. The predicted octanol–water partition coefficient (Wildman–Crippen LogP) is 3.01. The molecule has 1 amide bonds. The number of likely N-dealkylation sites (tertiary alicyclic amines) is 1. The molecule has 3 heterocycles. The zero-order valence-electron chi connectivity index (χ0n) is 15.5. The summed E-state index contributed by atoms with van der Waals surface area (Å²) in [5.41, 5.74) is 0.317. The van der Waals surface area contributed by atoms with Gasteiger partial charge in [0.15, 0.2) is 0 Å². The molecule has 5 nitrogen and oxygen atoms in total. The third-order valence-corrected chi connectivity index (χ3v) is 5.99. The molecule has 6 heteroatoms. The van der Waals surface area contributed by atoms with Crippen molar-refractivity contribution in [2.24, 2.45) is 5.92 Å². The number of carbonyl (C=O) groups excluding carboxylic acids is 1. The maximum absolute atomic E-state index is 13.7. The van der Waals surface area contributed by atoms with E-state index in [4.69, 9.17) is 4.74 Å². The number of imidazole rings is 1. The van der Waals surface area contributed by atoms with Crippen LogP contribution in [-0.2, 0) is 21.5 Å². The quantitative estimate of drug-likeness (QED) is 0.830. The second kappa shape index (κ2) is 7.80. The minimum atomic E-state index is -0.594. The molecule has 0 saturated carbocycles. The van der Waals surface area contributed by atoms with E-state index < -0.39 is 5.41 Å². The molecule has 1 unspecified atom stereocenters. The molecule has 0 bridgehead atoms. The fraction of sp³-hybridized carbons (Fsp3) is 0.524. The monoisotopic (exact) mass is 371 g/mol. The first-order chi connectivity index (χ1) is 13.2. The van der Waals surface area contributed by atoms with Gasteiger partial charge in [-0.3, -0.25) is 4.79 Å². The lowest BCUT2D eigenvalue weighted by atomic mass is 9.72. The van der Waals surface area contributed by atoms with Crippen molar-refractivity contribution >= 4 is 5.91 Å². The molecule has 0 radical (unpaired) electrons. The molecule has 2 saturated heterocycles. The highest BCUT2D eigenvalue weighted by Crippen LogP contribution is 2.38. The van der Waals surface area contributed by atoms with E-state index in [2.05, 4.69) is 9.55 Å². The van der Waals surface area contributed by atoms with Crippen LogP contribution in [0.2, 0.25) is 0 Å². The van der Waals surface area contributed by atoms with Gasteiger partial charge in [-0.2, -0.15) is 0 Å². The Bertz CT molecular complexity index is 754. The number of rotatable bonds is 4. The standard InChI is InChI=1S/C21H26FN3O2/c22-19-5-3-18(4-6-19)21(7-12-27-13-8-21)20(26)25-10-1-2-17(15-25)14-24-11-9-23-16-24/h3-6,9,11,16-17H,1-2,7-8,10,12-15H2. The summed E-state index contributed by atoms with van der Waals surface area (Å²) in [5.74, 6) is 0.335. The molecule has 1 aromatic heterocycles. The summed E-state index contributed by atoms with van der Waals surface area (Å²) in [7, 11) is 0. The summed E-state index contributed by atoms with van der Waals surface area (Å²) < 4.78 is 21.1.